The number of nitrogens with zero attached hydrogens (tertiary/aromatic N) is 4. The number of rotatable bonds is 5. The smallest absolute Gasteiger partial charge is 0.270 e. The van der Waals surface area contributed by atoms with Gasteiger partial charge in [-0.25, -0.2) is 28.7 Å². The van der Waals surface area contributed by atoms with Crippen LogP contribution in [0.1, 0.15) is 41.9 Å². The van der Waals surface area contributed by atoms with Gasteiger partial charge in [0.1, 0.15) is 17.2 Å². The molecule has 4 heterocycles. The fourth-order valence-electron chi connectivity index (χ4n) is 4.34. The van der Waals surface area contributed by atoms with Crippen molar-refractivity contribution in [3.63, 3.8) is 0 Å². The molecule has 1 saturated carbocycles. The zero-order valence-corrected chi connectivity index (χ0v) is 18.5. The lowest BCUT2D eigenvalue weighted by Crippen LogP contribution is -2.42. The average Bonchev–Trinajstić information content (AvgIpc) is 3.24. The van der Waals surface area contributed by atoms with Gasteiger partial charge in [-0.1, -0.05) is 6.07 Å². The van der Waals surface area contributed by atoms with Crippen LogP contribution in [0.4, 0.5) is 14.6 Å². The summed E-state index contributed by atoms with van der Waals surface area (Å²) in [5.74, 6) is -0.951. The minimum absolute atomic E-state index is 0.0619. The third kappa shape index (κ3) is 4.57. The summed E-state index contributed by atoms with van der Waals surface area (Å²) in [6.45, 7) is 1.84. The van der Waals surface area contributed by atoms with Gasteiger partial charge in [-0.2, -0.15) is 0 Å². The highest BCUT2D eigenvalue weighted by Crippen LogP contribution is 2.28. The molecule has 4 aromatic heterocycles. The molecule has 1 aliphatic carbocycles. The molecule has 1 amide bonds. The fraction of sp³-hybridized carbons (Fsp3) is 0.292. The Morgan fingerprint density at radius 3 is 2.82 bits per heavy atom. The van der Waals surface area contributed by atoms with Crippen molar-refractivity contribution in [2.24, 2.45) is 0 Å². The van der Waals surface area contributed by atoms with Gasteiger partial charge in [-0.05, 0) is 50.8 Å². The number of H-pyrrole nitrogens is 1. The van der Waals surface area contributed by atoms with Crippen LogP contribution < -0.4 is 10.6 Å². The summed E-state index contributed by atoms with van der Waals surface area (Å²) in [5.41, 5.74) is 2.18. The van der Waals surface area contributed by atoms with Crippen LogP contribution in [0.2, 0.25) is 0 Å². The van der Waals surface area contributed by atoms with Gasteiger partial charge in [0.15, 0.2) is 17.5 Å². The number of hydrogen-bond acceptors (Lipinski definition) is 6. The lowest BCUT2D eigenvalue weighted by Gasteiger charge is -2.30. The van der Waals surface area contributed by atoms with E-state index >= 15 is 0 Å². The van der Waals surface area contributed by atoms with Crippen molar-refractivity contribution in [2.45, 2.75) is 44.7 Å². The molecule has 0 spiro atoms. The molecule has 0 bridgehead atoms. The van der Waals surface area contributed by atoms with E-state index in [0.717, 1.165) is 37.4 Å². The Labute approximate surface area is 194 Å². The summed E-state index contributed by atoms with van der Waals surface area (Å²) in [5, 5.41) is 6.72. The van der Waals surface area contributed by atoms with Crippen LogP contribution in [0.25, 0.3) is 22.4 Å². The molecule has 1 aliphatic rings. The van der Waals surface area contributed by atoms with Crippen molar-refractivity contribution in [1.29, 1.82) is 0 Å². The van der Waals surface area contributed by atoms with Gasteiger partial charge in [-0.3, -0.25) is 4.79 Å². The molecule has 1 fully saturated rings. The van der Waals surface area contributed by atoms with Gasteiger partial charge in [-0.15, -0.1) is 0 Å². The third-order valence-corrected chi connectivity index (χ3v) is 5.95. The molecule has 0 saturated heterocycles. The number of aryl methyl sites for hydroxylation is 1. The standard InChI is InChI=1S/C24H23F2N7O/c1-13-4-2-7-20(30-13)24(34)32-16-6-3-5-15(9-16)31-23-19(26)12-29-22(33-23)18-11-28-21-17(18)8-14(25)10-27-21/h2,4,7-8,10-12,15-16H,3,5-6,9H2,1H3,(H,27,28)(H,32,34)(H,29,31,33)/t15-,16+/m1/s1. The maximum atomic E-state index is 14.6. The van der Waals surface area contributed by atoms with Crippen LogP contribution in [0.15, 0.2) is 42.9 Å². The highest BCUT2D eigenvalue weighted by molar-refractivity contribution is 5.92. The normalized spacial score (nSPS) is 18.1. The van der Waals surface area contributed by atoms with Gasteiger partial charge in [0.05, 0.1) is 12.4 Å². The molecular formula is C24H23F2N7O. The number of nitrogens with one attached hydrogen (secondary N) is 3. The summed E-state index contributed by atoms with van der Waals surface area (Å²) < 4.78 is 28.3. The number of hydrogen-bond donors (Lipinski definition) is 3. The number of halogens is 2. The minimum Gasteiger partial charge on any atom is -0.365 e. The minimum atomic E-state index is -0.581. The monoisotopic (exact) mass is 463 g/mol. The number of anilines is 1. The summed E-state index contributed by atoms with van der Waals surface area (Å²) in [6, 6.07) is 6.52. The largest absolute Gasteiger partial charge is 0.365 e. The Morgan fingerprint density at radius 2 is 1.97 bits per heavy atom. The lowest BCUT2D eigenvalue weighted by molar-refractivity contribution is 0.0921. The second-order valence-electron chi connectivity index (χ2n) is 8.48. The second-order valence-corrected chi connectivity index (χ2v) is 8.48. The molecule has 8 nitrogen and oxygen atoms in total. The van der Waals surface area contributed by atoms with Gasteiger partial charge in [0.2, 0.25) is 0 Å². The number of aromatic nitrogens is 5. The van der Waals surface area contributed by atoms with Gasteiger partial charge < -0.3 is 15.6 Å². The number of carbonyl (C=O) groups excluding carboxylic acids is 1. The van der Waals surface area contributed by atoms with Gasteiger partial charge in [0.25, 0.3) is 5.91 Å². The first-order valence-corrected chi connectivity index (χ1v) is 11.1. The first-order valence-electron chi connectivity index (χ1n) is 11.1. The molecule has 34 heavy (non-hydrogen) atoms. The van der Waals surface area contributed by atoms with Gasteiger partial charge in [0, 0.05) is 34.9 Å². The zero-order valence-electron chi connectivity index (χ0n) is 18.5. The number of carbonyl (C=O) groups is 1. The zero-order chi connectivity index (χ0) is 23.7. The highest BCUT2D eigenvalue weighted by atomic mass is 19.1. The molecule has 0 unspecified atom stereocenters. The van der Waals surface area contributed by atoms with Crippen LogP contribution in [-0.2, 0) is 0 Å². The predicted molar refractivity (Wildman–Crippen MR) is 123 cm³/mol. The Bertz CT molecular complexity index is 1360. The van der Waals surface area contributed by atoms with E-state index < -0.39 is 11.6 Å². The molecule has 0 radical (unpaired) electrons. The Balaban J connectivity index is 1.31. The molecule has 4 aromatic rings. The van der Waals surface area contributed by atoms with Crippen molar-refractivity contribution in [3.8, 4) is 11.4 Å². The predicted octanol–water partition coefficient (Wildman–Crippen LogP) is 4.15. The third-order valence-electron chi connectivity index (χ3n) is 5.95. The maximum Gasteiger partial charge on any atom is 0.270 e. The molecule has 0 aliphatic heterocycles. The van der Waals surface area contributed by atoms with Crippen LogP contribution in [-0.4, -0.2) is 42.9 Å². The Hall–Kier alpha value is -3.95. The first-order chi connectivity index (χ1) is 16.5. The summed E-state index contributed by atoms with van der Waals surface area (Å²) >= 11 is 0. The quantitative estimate of drug-likeness (QED) is 0.410. The number of pyridine rings is 2. The topological polar surface area (TPSA) is 108 Å². The SMILES string of the molecule is Cc1cccc(C(=O)N[C@H]2CCC[C@@H](Nc3nc(-c4c[nH]c5ncc(F)cc45)ncc3F)C2)n1. The van der Waals surface area contributed by atoms with Crippen molar-refractivity contribution in [2.75, 3.05) is 5.32 Å². The molecular weight excluding hydrogens is 440 g/mol. The summed E-state index contributed by atoms with van der Waals surface area (Å²) in [4.78, 5) is 32.3. The van der Waals surface area contributed by atoms with E-state index in [1.807, 2.05) is 13.0 Å². The Morgan fingerprint density at radius 1 is 1.12 bits per heavy atom. The average molecular weight is 463 g/mol. The maximum absolute atomic E-state index is 14.6. The summed E-state index contributed by atoms with van der Waals surface area (Å²) in [7, 11) is 0. The van der Waals surface area contributed by atoms with E-state index in [1.54, 1.807) is 18.3 Å². The van der Waals surface area contributed by atoms with E-state index in [9.17, 15) is 13.6 Å². The van der Waals surface area contributed by atoms with E-state index in [2.05, 4.69) is 35.6 Å². The lowest BCUT2D eigenvalue weighted by atomic mass is 9.91. The van der Waals surface area contributed by atoms with Crippen molar-refractivity contribution < 1.29 is 13.6 Å². The van der Waals surface area contributed by atoms with Crippen molar-refractivity contribution in [1.82, 2.24) is 30.2 Å². The second kappa shape index (κ2) is 9.12. The molecule has 3 N–H and O–H groups in total. The molecule has 5 rings (SSSR count). The van der Waals surface area contributed by atoms with Gasteiger partial charge >= 0.3 is 0 Å². The van der Waals surface area contributed by atoms with E-state index in [0.29, 0.717) is 28.7 Å². The molecule has 2 atom stereocenters. The number of fused-ring (bicyclic) bond motifs is 1. The van der Waals surface area contributed by atoms with E-state index in [-0.39, 0.29) is 29.6 Å². The van der Waals surface area contributed by atoms with Crippen molar-refractivity contribution >= 4 is 22.8 Å². The van der Waals surface area contributed by atoms with Crippen LogP contribution in [0, 0.1) is 18.6 Å². The van der Waals surface area contributed by atoms with E-state index in [4.69, 9.17) is 0 Å². The van der Waals surface area contributed by atoms with E-state index in [1.165, 1.54) is 6.07 Å². The molecule has 10 heteroatoms. The molecule has 0 aromatic carbocycles. The van der Waals surface area contributed by atoms with Crippen LogP contribution in [0.3, 0.4) is 0 Å². The fourth-order valence-corrected chi connectivity index (χ4v) is 4.34. The van der Waals surface area contributed by atoms with Crippen LogP contribution in [0.5, 0.6) is 0 Å². The Kier molecular flexibility index (Phi) is 5.87. The highest BCUT2D eigenvalue weighted by Gasteiger charge is 2.25. The van der Waals surface area contributed by atoms with Crippen LogP contribution >= 0.6 is 0 Å². The number of amides is 1. The molecule has 174 valence electrons. The van der Waals surface area contributed by atoms with Crippen molar-refractivity contribution in [3.05, 3.63) is 65.9 Å². The number of aromatic amines is 1. The summed E-state index contributed by atoms with van der Waals surface area (Å²) in [6.07, 6.45) is 6.99. The first kappa shape index (κ1) is 21.9.